The lowest BCUT2D eigenvalue weighted by molar-refractivity contribution is 0.0697. The average molecular weight is 300 g/mol. The summed E-state index contributed by atoms with van der Waals surface area (Å²) in [6.07, 6.45) is 2.22. The van der Waals surface area contributed by atoms with Crippen molar-refractivity contribution in [3.05, 3.63) is 10.6 Å². The second-order valence-corrected chi connectivity index (χ2v) is 5.90. The van der Waals surface area contributed by atoms with E-state index in [1.807, 2.05) is 0 Å². The number of aromatic carboxylic acids is 1. The summed E-state index contributed by atoms with van der Waals surface area (Å²) in [5.41, 5.74) is 0.508. The van der Waals surface area contributed by atoms with Crippen LogP contribution in [0.5, 0.6) is 0 Å². The van der Waals surface area contributed by atoms with E-state index in [0.29, 0.717) is 11.6 Å². The zero-order chi connectivity index (χ0) is 14.5. The van der Waals surface area contributed by atoms with E-state index in [1.54, 1.807) is 14.2 Å². The van der Waals surface area contributed by atoms with Crippen LogP contribution in [-0.4, -0.2) is 50.0 Å². The molecule has 0 aliphatic carbocycles. The maximum absolute atomic E-state index is 11.2. The molecule has 1 aromatic rings. The number of carboxylic acid groups (broad SMARTS) is 1. The molecular formula is C13H20N2O4S. The quantitative estimate of drug-likeness (QED) is 0.864. The molecular weight excluding hydrogens is 280 g/mol. The Morgan fingerprint density at radius 1 is 1.50 bits per heavy atom. The molecule has 1 unspecified atom stereocenters. The van der Waals surface area contributed by atoms with Gasteiger partial charge in [-0.1, -0.05) is 11.3 Å². The van der Waals surface area contributed by atoms with E-state index >= 15 is 0 Å². The Morgan fingerprint density at radius 3 is 2.95 bits per heavy atom. The van der Waals surface area contributed by atoms with Crippen molar-refractivity contribution in [3.63, 3.8) is 0 Å². The number of thiazole rings is 1. The Kier molecular flexibility index (Phi) is 5.33. The smallest absolute Gasteiger partial charge is 0.347 e. The fraction of sp³-hybridized carbons (Fsp3) is 0.692. The van der Waals surface area contributed by atoms with Crippen LogP contribution >= 0.6 is 11.3 Å². The minimum atomic E-state index is -0.939. The molecule has 0 bridgehead atoms. The van der Waals surface area contributed by atoms with Crippen LogP contribution < -0.4 is 4.90 Å². The number of piperidine rings is 1. The van der Waals surface area contributed by atoms with Crippen molar-refractivity contribution in [2.24, 2.45) is 5.92 Å². The van der Waals surface area contributed by atoms with Crippen molar-refractivity contribution in [1.29, 1.82) is 0 Å². The fourth-order valence-corrected chi connectivity index (χ4v) is 3.43. The summed E-state index contributed by atoms with van der Waals surface area (Å²) >= 11 is 1.23. The van der Waals surface area contributed by atoms with Crippen LogP contribution in [0.3, 0.4) is 0 Å². The average Bonchev–Trinajstić information content (AvgIpc) is 2.84. The van der Waals surface area contributed by atoms with E-state index in [9.17, 15) is 9.90 Å². The maximum Gasteiger partial charge on any atom is 0.347 e. The number of ether oxygens (including phenoxy) is 2. The molecule has 112 valence electrons. The third kappa shape index (κ3) is 3.47. The Hall–Kier alpha value is -1.18. The fourth-order valence-electron chi connectivity index (χ4n) is 2.49. The predicted molar refractivity (Wildman–Crippen MR) is 76.6 cm³/mol. The molecule has 2 heterocycles. The zero-order valence-electron chi connectivity index (χ0n) is 11.8. The number of nitrogens with zero attached hydrogens (tertiary/aromatic N) is 2. The van der Waals surface area contributed by atoms with Crippen molar-refractivity contribution in [2.75, 3.05) is 38.8 Å². The molecule has 1 aromatic heterocycles. The molecule has 1 fully saturated rings. The van der Waals surface area contributed by atoms with E-state index in [0.717, 1.165) is 37.7 Å². The number of carbonyl (C=O) groups is 1. The summed E-state index contributed by atoms with van der Waals surface area (Å²) in [6.45, 7) is 2.75. The van der Waals surface area contributed by atoms with Crippen molar-refractivity contribution in [2.45, 2.75) is 19.4 Å². The van der Waals surface area contributed by atoms with Gasteiger partial charge in [0, 0.05) is 27.3 Å². The zero-order valence-corrected chi connectivity index (χ0v) is 12.6. The molecule has 2 rings (SSSR count). The molecule has 6 nitrogen and oxygen atoms in total. The predicted octanol–water partition coefficient (Wildman–Crippen LogP) is 1.85. The summed E-state index contributed by atoms with van der Waals surface area (Å²) in [5.74, 6) is -0.456. The van der Waals surface area contributed by atoms with Crippen molar-refractivity contribution in [1.82, 2.24) is 4.98 Å². The summed E-state index contributed by atoms with van der Waals surface area (Å²) in [7, 11) is 3.25. The first kappa shape index (κ1) is 15.2. The molecule has 1 N–H and O–H groups in total. The summed E-state index contributed by atoms with van der Waals surface area (Å²) < 4.78 is 10.2. The van der Waals surface area contributed by atoms with Gasteiger partial charge in [0.25, 0.3) is 0 Å². The molecule has 0 amide bonds. The van der Waals surface area contributed by atoms with Gasteiger partial charge in [-0.25, -0.2) is 9.78 Å². The third-order valence-corrected chi connectivity index (χ3v) is 4.50. The van der Waals surface area contributed by atoms with Crippen molar-refractivity contribution < 1.29 is 19.4 Å². The molecule has 1 atom stereocenters. The number of rotatable bonds is 6. The number of aromatic nitrogens is 1. The van der Waals surface area contributed by atoms with Crippen LogP contribution in [0.25, 0.3) is 0 Å². The Balaban J connectivity index is 2.15. The normalized spacial score (nSPS) is 19.3. The molecule has 0 spiro atoms. The van der Waals surface area contributed by atoms with Gasteiger partial charge in [-0.15, -0.1) is 0 Å². The SMILES string of the molecule is COCc1nc(N2CCCC(COC)C2)sc1C(=O)O. The Morgan fingerprint density at radius 2 is 2.30 bits per heavy atom. The van der Waals surface area contributed by atoms with Crippen LogP contribution in [0, 0.1) is 5.92 Å². The van der Waals surface area contributed by atoms with E-state index in [2.05, 4.69) is 9.88 Å². The van der Waals surface area contributed by atoms with Gasteiger partial charge in [-0.05, 0) is 18.8 Å². The van der Waals surface area contributed by atoms with Gasteiger partial charge in [-0.2, -0.15) is 0 Å². The monoisotopic (exact) mass is 300 g/mol. The van der Waals surface area contributed by atoms with Crippen LogP contribution in [0.15, 0.2) is 0 Å². The molecule has 0 radical (unpaired) electrons. The number of anilines is 1. The van der Waals surface area contributed by atoms with E-state index in [-0.39, 0.29) is 11.5 Å². The van der Waals surface area contributed by atoms with Gasteiger partial charge in [0.05, 0.1) is 18.9 Å². The molecule has 1 saturated heterocycles. The summed E-state index contributed by atoms with van der Waals surface area (Å²) in [5, 5.41) is 9.99. The Labute approximate surface area is 122 Å². The van der Waals surface area contributed by atoms with Gasteiger partial charge in [-0.3, -0.25) is 0 Å². The van der Waals surface area contributed by atoms with Crippen molar-refractivity contribution in [3.8, 4) is 0 Å². The van der Waals surface area contributed by atoms with Crippen LogP contribution in [0.4, 0.5) is 5.13 Å². The van der Waals surface area contributed by atoms with Gasteiger partial charge in [0.2, 0.25) is 0 Å². The summed E-state index contributed by atoms with van der Waals surface area (Å²) in [4.78, 5) is 18.1. The second-order valence-electron chi connectivity index (χ2n) is 4.92. The van der Waals surface area contributed by atoms with E-state index < -0.39 is 5.97 Å². The lowest BCUT2D eigenvalue weighted by atomic mass is 9.99. The van der Waals surface area contributed by atoms with Crippen molar-refractivity contribution >= 4 is 22.4 Å². The van der Waals surface area contributed by atoms with E-state index in [1.165, 1.54) is 11.3 Å². The van der Waals surface area contributed by atoms with Gasteiger partial charge < -0.3 is 19.5 Å². The minimum Gasteiger partial charge on any atom is -0.477 e. The lowest BCUT2D eigenvalue weighted by Gasteiger charge is -2.32. The molecule has 20 heavy (non-hydrogen) atoms. The first-order valence-electron chi connectivity index (χ1n) is 6.61. The maximum atomic E-state index is 11.2. The minimum absolute atomic E-state index is 0.230. The highest BCUT2D eigenvalue weighted by Gasteiger charge is 2.25. The topological polar surface area (TPSA) is 71.9 Å². The van der Waals surface area contributed by atoms with Crippen LogP contribution in [-0.2, 0) is 16.1 Å². The first-order valence-corrected chi connectivity index (χ1v) is 7.43. The van der Waals surface area contributed by atoms with Crippen LogP contribution in [0.2, 0.25) is 0 Å². The molecule has 0 aromatic carbocycles. The number of carboxylic acids is 1. The molecule has 0 saturated carbocycles. The number of hydrogen-bond acceptors (Lipinski definition) is 6. The first-order chi connectivity index (χ1) is 9.65. The summed E-state index contributed by atoms with van der Waals surface area (Å²) in [6, 6.07) is 0. The third-order valence-electron chi connectivity index (χ3n) is 3.35. The molecule has 7 heteroatoms. The van der Waals surface area contributed by atoms with Gasteiger partial charge in [0.15, 0.2) is 5.13 Å². The molecule has 1 aliphatic heterocycles. The largest absolute Gasteiger partial charge is 0.477 e. The van der Waals surface area contributed by atoms with E-state index in [4.69, 9.17) is 9.47 Å². The van der Waals surface area contributed by atoms with Gasteiger partial charge in [0.1, 0.15) is 4.88 Å². The molecule has 1 aliphatic rings. The number of hydrogen-bond donors (Lipinski definition) is 1. The number of methoxy groups -OCH3 is 2. The van der Waals surface area contributed by atoms with Crippen LogP contribution in [0.1, 0.15) is 28.2 Å². The highest BCUT2D eigenvalue weighted by Crippen LogP contribution is 2.30. The van der Waals surface area contributed by atoms with Gasteiger partial charge >= 0.3 is 5.97 Å². The second kappa shape index (κ2) is 7.01. The highest BCUT2D eigenvalue weighted by molar-refractivity contribution is 7.17. The lowest BCUT2D eigenvalue weighted by Crippen LogP contribution is -2.37. The highest BCUT2D eigenvalue weighted by atomic mass is 32.1. The Bertz CT molecular complexity index is 461. The standard InChI is InChI=1S/C13H20N2O4S/c1-18-7-9-4-3-5-15(6-9)13-14-10(8-19-2)11(20-13)12(16)17/h9H,3-8H2,1-2H3,(H,16,17).